The van der Waals surface area contributed by atoms with Crippen molar-refractivity contribution in [3.8, 4) is 0 Å². The van der Waals surface area contributed by atoms with E-state index in [4.69, 9.17) is 11.1 Å². The van der Waals surface area contributed by atoms with Crippen LogP contribution in [0.1, 0.15) is 11.1 Å². The minimum Gasteiger partial charge on any atom is -0.384 e. The Morgan fingerprint density at radius 3 is 2.55 bits per heavy atom. The zero-order valence-electron chi connectivity index (χ0n) is 11.3. The van der Waals surface area contributed by atoms with Gasteiger partial charge in [-0.25, -0.2) is 4.79 Å². The number of nitrogens with one attached hydrogen (secondary N) is 3. The highest BCUT2D eigenvalue weighted by Crippen LogP contribution is 2.14. The van der Waals surface area contributed by atoms with Crippen molar-refractivity contribution in [3.05, 3.63) is 41.6 Å². The average Bonchev–Trinajstić information content (AvgIpc) is 2.74. The monoisotopic (exact) mass is 272 g/mol. The van der Waals surface area contributed by atoms with Crippen LogP contribution in [-0.2, 0) is 7.05 Å². The summed E-state index contributed by atoms with van der Waals surface area (Å²) in [4.78, 5) is 11.9. The Hall–Kier alpha value is -2.83. The Kier molecular flexibility index (Phi) is 3.69. The summed E-state index contributed by atoms with van der Waals surface area (Å²) in [5.41, 5.74) is 7.60. The first-order chi connectivity index (χ1) is 9.47. The molecule has 2 rings (SSSR count). The molecule has 2 aromatic rings. The molecule has 7 heteroatoms. The van der Waals surface area contributed by atoms with Gasteiger partial charge >= 0.3 is 6.03 Å². The third-order valence-corrected chi connectivity index (χ3v) is 2.77. The maximum Gasteiger partial charge on any atom is 0.324 e. The van der Waals surface area contributed by atoms with E-state index in [1.165, 1.54) is 10.9 Å². The Bertz CT molecular complexity index is 643. The van der Waals surface area contributed by atoms with Gasteiger partial charge in [-0.2, -0.15) is 5.10 Å². The molecule has 20 heavy (non-hydrogen) atoms. The second kappa shape index (κ2) is 5.43. The number of amidine groups is 1. The molecule has 0 spiro atoms. The lowest BCUT2D eigenvalue weighted by atomic mass is 10.2. The normalized spacial score (nSPS) is 10.1. The molecule has 0 aliphatic heterocycles. The summed E-state index contributed by atoms with van der Waals surface area (Å²) in [5, 5.41) is 16.7. The molecule has 1 heterocycles. The van der Waals surface area contributed by atoms with Gasteiger partial charge in [0.25, 0.3) is 0 Å². The zero-order valence-corrected chi connectivity index (χ0v) is 11.3. The molecular formula is C13H16N6O. The molecule has 0 aliphatic rings. The largest absolute Gasteiger partial charge is 0.384 e. The number of aromatic nitrogens is 2. The van der Waals surface area contributed by atoms with E-state index >= 15 is 0 Å². The van der Waals surface area contributed by atoms with Crippen molar-refractivity contribution in [1.82, 2.24) is 9.78 Å². The molecule has 2 amide bonds. The Balaban J connectivity index is 2.10. The summed E-state index contributed by atoms with van der Waals surface area (Å²) in [5.74, 6) is 0.228. The lowest BCUT2D eigenvalue weighted by molar-refractivity contribution is 0.262. The van der Waals surface area contributed by atoms with E-state index in [1.807, 2.05) is 31.2 Å². The number of nitrogen functional groups attached to an aromatic ring is 1. The SMILES string of the molecule is Cc1ccc(NC(=O)Nc2c(C(=N)N)cnn2C)cc1. The molecule has 0 saturated heterocycles. The summed E-state index contributed by atoms with van der Waals surface area (Å²) >= 11 is 0. The average molecular weight is 272 g/mol. The van der Waals surface area contributed by atoms with Gasteiger partial charge < -0.3 is 11.1 Å². The van der Waals surface area contributed by atoms with Gasteiger partial charge in [0.2, 0.25) is 0 Å². The highest BCUT2D eigenvalue weighted by molar-refractivity contribution is 6.05. The number of anilines is 2. The number of carbonyl (C=O) groups is 1. The molecule has 0 aliphatic carbocycles. The summed E-state index contributed by atoms with van der Waals surface area (Å²) in [6.07, 6.45) is 1.43. The molecule has 104 valence electrons. The minimum absolute atomic E-state index is 0.149. The van der Waals surface area contributed by atoms with E-state index in [1.54, 1.807) is 7.05 Å². The molecule has 0 saturated carbocycles. The predicted molar refractivity (Wildman–Crippen MR) is 78.0 cm³/mol. The fourth-order valence-electron chi connectivity index (χ4n) is 1.69. The van der Waals surface area contributed by atoms with Crippen LogP contribution < -0.4 is 16.4 Å². The summed E-state index contributed by atoms with van der Waals surface area (Å²) in [6, 6.07) is 7.01. The summed E-state index contributed by atoms with van der Waals surface area (Å²) in [7, 11) is 1.66. The molecule has 1 aromatic heterocycles. The smallest absolute Gasteiger partial charge is 0.324 e. The molecule has 0 radical (unpaired) electrons. The van der Waals surface area contributed by atoms with E-state index in [0.717, 1.165) is 5.56 Å². The van der Waals surface area contributed by atoms with Crippen molar-refractivity contribution in [1.29, 1.82) is 5.41 Å². The van der Waals surface area contributed by atoms with Crippen molar-refractivity contribution in [2.45, 2.75) is 6.92 Å². The van der Waals surface area contributed by atoms with Crippen LogP contribution in [0.2, 0.25) is 0 Å². The van der Waals surface area contributed by atoms with Gasteiger partial charge in [-0.15, -0.1) is 0 Å². The van der Waals surface area contributed by atoms with Crippen molar-refractivity contribution in [2.75, 3.05) is 10.6 Å². The van der Waals surface area contributed by atoms with Crippen LogP contribution in [0, 0.1) is 12.3 Å². The topological polar surface area (TPSA) is 109 Å². The Morgan fingerprint density at radius 2 is 1.95 bits per heavy atom. The van der Waals surface area contributed by atoms with Crippen molar-refractivity contribution < 1.29 is 4.79 Å². The molecule has 0 fully saturated rings. The van der Waals surface area contributed by atoms with Gasteiger partial charge in [0, 0.05) is 12.7 Å². The van der Waals surface area contributed by atoms with Crippen LogP contribution >= 0.6 is 0 Å². The number of nitrogens with two attached hydrogens (primary N) is 1. The van der Waals surface area contributed by atoms with Crippen molar-refractivity contribution >= 4 is 23.4 Å². The van der Waals surface area contributed by atoms with E-state index in [0.29, 0.717) is 17.1 Å². The molecular weight excluding hydrogens is 256 g/mol. The second-order valence-corrected chi connectivity index (χ2v) is 4.39. The third-order valence-electron chi connectivity index (χ3n) is 2.77. The Morgan fingerprint density at radius 1 is 1.30 bits per heavy atom. The predicted octanol–water partition coefficient (Wildman–Crippen LogP) is 1.66. The number of aryl methyl sites for hydroxylation is 2. The van der Waals surface area contributed by atoms with E-state index < -0.39 is 6.03 Å². The first-order valence-electron chi connectivity index (χ1n) is 5.98. The van der Waals surface area contributed by atoms with Gasteiger partial charge in [-0.3, -0.25) is 15.4 Å². The van der Waals surface area contributed by atoms with E-state index in [2.05, 4.69) is 15.7 Å². The van der Waals surface area contributed by atoms with Gasteiger partial charge in [0.05, 0.1) is 11.8 Å². The number of hydrogen-bond acceptors (Lipinski definition) is 3. The molecule has 0 bridgehead atoms. The third kappa shape index (κ3) is 2.94. The summed E-state index contributed by atoms with van der Waals surface area (Å²) < 4.78 is 1.45. The summed E-state index contributed by atoms with van der Waals surface area (Å²) in [6.45, 7) is 1.97. The lowest BCUT2D eigenvalue weighted by Gasteiger charge is -2.09. The zero-order chi connectivity index (χ0) is 14.7. The fraction of sp³-hybridized carbons (Fsp3) is 0.154. The number of carbonyl (C=O) groups excluding carboxylic acids is 1. The highest BCUT2D eigenvalue weighted by Gasteiger charge is 2.13. The Labute approximate surface area is 116 Å². The van der Waals surface area contributed by atoms with Crippen LogP contribution in [0.5, 0.6) is 0 Å². The van der Waals surface area contributed by atoms with Crippen molar-refractivity contribution in [2.24, 2.45) is 12.8 Å². The number of amides is 2. The van der Waals surface area contributed by atoms with Crippen molar-refractivity contribution in [3.63, 3.8) is 0 Å². The lowest BCUT2D eigenvalue weighted by Crippen LogP contribution is -2.23. The molecule has 1 aromatic carbocycles. The molecule has 0 atom stereocenters. The van der Waals surface area contributed by atoms with Gasteiger partial charge in [0.1, 0.15) is 11.7 Å². The van der Waals surface area contributed by atoms with Gasteiger partial charge in [-0.1, -0.05) is 17.7 Å². The number of rotatable bonds is 3. The minimum atomic E-state index is -0.417. The van der Waals surface area contributed by atoms with Crippen LogP contribution in [0.25, 0.3) is 0 Å². The molecule has 0 unspecified atom stereocenters. The number of benzene rings is 1. The first-order valence-corrected chi connectivity index (χ1v) is 5.98. The number of hydrogen-bond donors (Lipinski definition) is 4. The second-order valence-electron chi connectivity index (χ2n) is 4.39. The maximum absolute atomic E-state index is 11.9. The quantitative estimate of drug-likeness (QED) is 0.504. The number of nitrogens with zero attached hydrogens (tertiary/aromatic N) is 2. The number of urea groups is 1. The first kappa shape index (κ1) is 13.6. The van der Waals surface area contributed by atoms with Crippen LogP contribution in [0.15, 0.2) is 30.5 Å². The molecule has 7 nitrogen and oxygen atoms in total. The maximum atomic E-state index is 11.9. The fourth-order valence-corrected chi connectivity index (χ4v) is 1.69. The molecule has 5 N–H and O–H groups in total. The standard InChI is InChI=1S/C13H16N6O/c1-8-3-5-9(6-4-8)17-13(20)18-12-10(11(14)15)7-16-19(12)2/h3-7H,1-2H3,(H3,14,15)(H2,17,18,20). The van der Waals surface area contributed by atoms with Crippen LogP contribution in [0.3, 0.4) is 0 Å². The highest BCUT2D eigenvalue weighted by atomic mass is 16.2. The van der Waals surface area contributed by atoms with E-state index in [-0.39, 0.29) is 5.84 Å². The van der Waals surface area contributed by atoms with E-state index in [9.17, 15) is 4.79 Å². The van der Waals surface area contributed by atoms with Gasteiger partial charge in [0.15, 0.2) is 0 Å². The van der Waals surface area contributed by atoms with Crippen LogP contribution in [0.4, 0.5) is 16.3 Å². The van der Waals surface area contributed by atoms with Crippen LogP contribution in [-0.4, -0.2) is 21.6 Å². The van der Waals surface area contributed by atoms with Gasteiger partial charge in [-0.05, 0) is 19.1 Å².